The molecule has 1 aliphatic rings. The first-order valence-corrected chi connectivity index (χ1v) is 6.86. The average molecular weight is 275 g/mol. The highest BCUT2D eigenvalue weighted by Crippen LogP contribution is 2.28. The van der Waals surface area contributed by atoms with Gasteiger partial charge in [0.05, 0.1) is 19.1 Å². The lowest BCUT2D eigenvalue weighted by Crippen LogP contribution is -2.29. The normalized spacial score (nSPS) is 19.0. The molecule has 1 saturated heterocycles. The van der Waals surface area contributed by atoms with Gasteiger partial charge in [0.2, 0.25) is 0 Å². The third-order valence-electron chi connectivity index (χ3n) is 3.80. The number of hydrogen-bond acceptors (Lipinski definition) is 3. The summed E-state index contributed by atoms with van der Waals surface area (Å²) >= 11 is 0. The Hall–Kier alpha value is -1.88. The Kier molecular flexibility index (Phi) is 3.69. The highest BCUT2D eigenvalue weighted by molar-refractivity contribution is 5.42. The van der Waals surface area contributed by atoms with Crippen molar-refractivity contribution in [3.8, 4) is 11.4 Å². The number of ether oxygens (including phenoxy) is 1. The van der Waals surface area contributed by atoms with Crippen molar-refractivity contribution in [2.24, 2.45) is 0 Å². The molecule has 106 valence electrons. The lowest BCUT2D eigenvalue weighted by Gasteiger charge is -2.24. The van der Waals surface area contributed by atoms with Crippen LogP contribution >= 0.6 is 0 Å². The zero-order valence-electron chi connectivity index (χ0n) is 11.5. The van der Waals surface area contributed by atoms with E-state index in [9.17, 15) is 4.39 Å². The molecule has 3 rings (SSSR count). The number of piperidine rings is 1. The largest absolute Gasteiger partial charge is 0.497 e. The quantitative estimate of drug-likeness (QED) is 0.935. The van der Waals surface area contributed by atoms with Crippen LogP contribution in [0.1, 0.15) is 24.5 Å². The van der Waals surface area contributed by atoms with E-state index in [0.717, 1.165) is 31.6 Å². The third kappa shape index (κ3) is 2.41. The molecule has 1 fully saturated rings. The summed E-state index contributed by atoms with van der Waals surface area (Å²) < 4.78 is 21.1. The molecule has 1 atom stereocenters. The molecular formula is C15H18FN3O. The summed E-state index contributed by atoms with van der Waals surface area (Å²) in [4.78, 5) is 4.20. The zero-order chi connectivity index (χ0) is 13.9. The minimum absolute atomic E-state index is 0.270. The number of rotatable bonds is 3. The fourth-order valence-corrected chi connectivity index (χ4v) is 2.72. The van der Waals surface area contributed by atoms with Crippen LogP contribution in [0.25, 0.3) is 5.69 Å². The lowest BCUT2D eigenvalue weighted by molar-refractivity contribution is 0.413. The summed E-state index contributed by atoms with van der Waals surface area (Å²) in [5.41, 5.74) is 1.53. The number of methoxy groups -OCH3 is 1. The molecule has 0 saturated carbocycles. The van der Waals surface area contributed by atoms with Gasteiger partial charge < -0.3 is 10.1 Å². The van der Waals surface area contributed by atoms with Crippen LogP contribution in [0.3, 0.4) is 0 Å². The highest BCUT2D eigenvalue weighted by atomic mass is 19.1. The van der Waals surface area contributed by atoms with Gasteiger partial charge in [0.15, 0.2) is 0 Å². The first kappa shape index (κ1) is 13.1. The SMILES string of the molecule is COc1ccc(F)c(-n2cncc2C2CCCNC2)c1. The second-order valence-corrected chi connectivity index (χ2v) is 5.05. The Morgan fingerprint density at radius 1 is 1.45 bits per heavy atom. The predicted octanol–water partition coefficient (Wildman–Crippen LogP) is 2.49. The molecule has 1 aliphatic heterocycles. The van der Waals surface area contributed by atoms with Crippen LogP contribution in [-0.4, -0.2) is 29.8 Å². The molecule has 0 aliphatic carbocycles. The van der Waals surface area contributed by atoms with Crippen molar-refractivity contribution in [3.63, 3.8) is 0 Å². The fraction of sp³-hybridized carbons (Fsp3) is 0.400. The molecule has 1 aromatic carbocycles. The van der Waals surface area contributed by atoms with Crippen molar-refractivity contribution < 1.29 is 9.13 Å². The summed E-state index contributed by atoms with van der Waals surface area (Å²) in [6.07, 6.45) is 5.74. The van der Waals surface area contributed by atoms with Crippen LogP contribution in [0.4, 0.5) is 4.39 Å². The van der Waals surface area contributed by atoms with Crippen LogP contribution < -0.4 is 10.1 Å². The summed E-state index contributed by atoms with van der Waals surface area (Å²) in [7, 11) is 1.58. The van der Waals surface area contributed by atoms with Crippen molar-refractivity contribution in [3.05, 3.63) is 42.2 Å². The van der Waals surface area contributed by atoms with Gasteiger partial charge in [-0.15, -0.1) is 0 Å². The van der Waals surface area contributed by atoms with E-state index in [-0.39, 0.29) is 5.82 Å². The van der Waals surface area contributed by atoms with E-state index in [2.05, 4.69) is 10.3 Å². The van der Waals surface area contributed by atoms with E-state index in [0.29, 0.717) is 17.4 Å². The minimum atomic E-state index is -0.270. The van der Waals surface area contributed by atoms with Gasteiger partial charge in [-0.25, -0.2) is 9.37 Å². The maximum atomic E-state index is 14.1. The van der Waals surface area contributed by atoms with Gasteiger partial charge in [-0.2, -0.15) is 0 Å². The van der Waals surface area contributed by atoms with Crippen molar-refractivity contribution in [1.82, 2.24) is 14.9 Å². The summed E-state index contributed by atoms with van der Waals surface area (Å²) in [6, 6.07) is 4.76. The number of aromatic nitrogens is 2. The standard InChI is InChI=1S/C15H18FN3O/c1-20-12-4-5-13(16)14(7-12)19-10-18-9-15(19)11-3-2-6-17-8-11/h4-5,7,9-11,17H,2-3,6,8H2,1H3. The Bertz CT molecular complexity index is 591. The highest BCUT2D eigenvalue weighted by Gasteiger charge is 2.20. The topological polar surface area (TPSA) is 39.1 Å². The molecule has 20 heavy (non-hydrogen) atoms. The molecule has 4 nitrogen and oxygen atoms in total. The average Bonchev–Trinajstić information content (AvgIpc) is 2.98. The van der Waals surface area contributed by atoms with Gasteiger partial charge in [-0.3, -0.25) is 4.57 Å². The molecule has 1 unspecified atom stereocenters. The van der Waals surface area contributed by atoms with Crippen molar-refractivity contribution in [2.45, 2.75) is 18.8 Å². The maximum absolute atomic E-state index is 14.1. The summed E-state index contributed by atoms with van der Waals surface area (Å²) in [5, 5.41) is 3.38. The molecule has 1 N–H and O–H groups in total. The molecule has 0 radical (unpaired) electrons. The van der Waals surface area contributed by atoms with Crippen LogP contribution in [-0.2, 0) is 0 Å². The lowest BCUT2D eigenvalue weighted by atomic mass is 9.96. The van der Waals surface area contributed by atoms with Crippen molar-refractivity contribution >= 4 is 0 Å². The van der Waals surface area contributed by atoms with Gasteiger partial charge >= 0.3 is 0 Å². The monoisotopic (exact) mass is 275 g/mol. The Morgan fingerprint density at radius 2 is 2.35 bits per heavy atom. The van der Waals surface area contributed by atoms with Crippen molar-refractivity contribution in [1.29, 1.82) is 0 Å². The third-order valence-corrected chi connectivity index (χ3v) is 3.80. The maximum Gasteiger partial charge on any atom is 0.147 e. The molecule has 0 bridgehead atoms. The van der Waals surface area contributed by atoms with Crippen LogP contribution in [0.15, 0.2) is 30.7 Å². The molecular weight excluding hydrogens is 257 g/mol. The Morgan fingerprint density at radius 3 is 3.10 bits per heavy atom. The predicted molar refractivity (Wildman–Crippen MR) is 74.9 cm³/mol. The van der Waals surface area contributed by atoms with Crippen LogP contribution in [0.2, 0.25) is 0 Å². The van der Waals surface area contributed by atoms with E-state index in [1.54, 1.807) is 25.6 Å². The van der Waals surface area contributed by atoms with Gasteiger partial charge in [0, 0.05) is 30.4 Å². The number of hydrogen-bond donors (Lipinski definition) is 1. The smallest absolute Gasteiger partial charge is 0.147 e. The zero-order valence-corrected chi connectivity index (χ0v) is 11.5. The molecule has 2 heterocycles. The van der Waals surface area contributed by atoms with Crippen LogP contribution in [0, 0.1) is 5.82 Å². The summed E-state index contributed by atoms with van der Waals surface area (Å²) in [5.74, 6) is 0.744. The first-order valence-electron chi connectivity index (χ1n) is 6.86. The second kappa shape index (κ2) is 5.63. The van der Waals surface area contributed by atoms with E-state index in [4.69, 9.17) is 4.74 Å². The Labute approximate surface area is 117 Å². The van der Waals surface area contributed by atoms with Crippen LogP contribution in [0.5, 0.6) is 5.75 Å². The van der Waals surface area contributed by atoms with E-state index < -0.39 is 0 Å². The van der Waals surface area contributed by atoms with E-state index in [1.807, 2.05) is 10.8 Å². The van der Waals surface area contributed by atoms with E-state index in [1.165, 1.54) is 6.07 Å². The number of nitrogens with one attached hydrogen (secondary N) is 1. The van der Waals surface area contributed by atoms with Crippen molar-refractivity contribution in [2.75, 3.05) is 20.2 Å². The number of benzene rings is 1. The van der Waals surface area contributed by atoms with Gasteiger partial charge in [-0.1, -0.05) is 0 Å². The van der Waals surface area contributed by atoms with Gasteiger partial charge in [0.25, 0.3) is 0 Å². The number of halogens is 1. The fourth-order valence-electron chi connectivity index (χ4n) is 2.72. The summed E-state index contributed by atoms with van der Waals surface area (Å²) in [6.45, 7) is 1.97. The van der Waals surface area contributed by atoms with Gasteiger partial charge in [0.1, 0.15) is 11.6 Å². The molecule has 0 amide bonds. The number of imidazole rings is 1. The van der Waals surface area contributed by atoms with E-state index >= 15 is 0 Å². The molecule has 2 aromatic rings. The number of nitrogens with zero attached hydrogens (tertiary/aromatic N) is 2. The first-order chi connectivity index (χ1) is 9.79. The molecule has 0 spiro atoms. The molecule has 1 aromatic heterocycles. The Balaban J connectivity index is 2.00. The van der Waals surface area contributed by atoms with Gasteiger partial charge in [-0.05, 0) is 31.5 Å². The minimum Gasteiger partial charge on any atom is -0.497 e. The molecule has 5 heteroatoms. The second-order valence-electron chi connectivity index (χ2n) is 5.05.